The first-order valence-corrected chi connectivity index (χ1v) is 5.66. The predicted molar refractivity (Wildman–Crippen MR) is 68.6 cm³/mol. The van der Waals surface area contributed by atoms with E-state index in [9.17, 15) is 19.2 Å². The summed E-state index contributed by atoms with van der Waals surface area (Å²) in [6.45, 7) is 1.79. The van der Waals surface area contributed by atoms with Gasteiger partial charge in [0.15, 0.2) is 0 Å². The average Bonchev–Trinajstić information content (AvgIpc) is 2.35. The molecular formula is C12H12BFN2O3. The minimum atomic E-state index is -1.80. The Hall–Kier alpha value is -1.99. The fourth-order valence-electron chi connectivity index (χ4n) is 1.78. The molecule has 0 aliphatic rings. The lowest BCUT2D eigenvalue weighted by molar-refractivity contribution is 0.424. The molecule has 1 heterocycles. The lowest BCUT2D eigenvalue weighted by atomic mass is 9.77. The maximum Gasteiger partial charge on any atom is 0.488 e. The first-order valence-electron chi connectivity index (χ1n) is 5.66. The van der Waals surface area contributed by atoms with Gasteiger partial charge in [-0.15, -0.1) is 0 Å². The molecule has 1 aromatic heterocycles. The van der Waals surface area contributed by atoms with Gasteiger partial charge in [0.05, 0.1) is 12.2 Å². The molecule has 0 saturated heterocycles. The fourth-order valence-corrected chi connectivity index (χ4v) is 1.78. The highest BCUT2D eigenvalue weighted by Gasteiger charge is 2.17. The van der Waals surface area contributed by atoms with Gasteiger partial charge >= 0.3 is 7.12 Å². The smallest absolute Gasteiger partial charge is 0.423 e. The van der Waals surface area contributed by atoms with Crippen LogP contribution in [0, 0.1) is 12.7 Å². The van der Waals surface area contributed by atoms with Crippen LogP contribution in [0.5, 0.6) is 0 Å². The first-order chi connectivity index (χ1) is 8.97. The van der Waals surface area contributed by atoms with Gasteiger partial charge < -0.3 is 10.0 Å². The second-order valence-electron chi connectivity index (χ2n) is 4.19. The van der Waals surface area contributed by atoms with Crippen molar-refractivity contribution >= 4 is 12.6 Å². The van der Waals surface area contributed by atoms with Crippen molar-refractivity contribution in [2.45, 2.75) is 13.5 Å². The van der Waals surface area contributed by atoms with Gasteiger partial charge in [0.25, 0.3) is 5.56 Å². The fraction of sp³-hybridized carbons (Fsp3) is 0.167. The molecule has 0 saturated carbocycles. The van der Waals surface area contributed by atoms with E-state index in [1.807, 2.05) is 0 Å². The van der Waals surface area contributed by atoms with Crippen molar-refractivity contribution in [3.63, 3.8) is 0 Å². The summed E-state index contributed by atoms with van der Waals surface area (Å²) in [4.78, 5) is 11.6. The Morgan fingerprint density at radius 2 is 2.05 bits per heavy atom. The largest absolute Gasteiger partial charge is 0.488 e. The second kappa shape index (κ2) is 5.33. The molecule has 0 atom stereocenters. The number of benzene rings is 1. The summed E-state index contributed by atoms with van der Waals surface area (Å²) in [5.41, 5.74) is 0.799. The van der Waals surface area contributed by atoms with Crippen LogP contribution in [0.3, 0.4) is 0 Å². The van der Waals surface area contributed by atoms with E-state index in [4.69, 9.17) is 0 Å². The molecule has 0 aliphatic carbocycles. The first kappa shape index (κ1) is 13.4. The Morgan fingerprint density at radius 3 is 2.74 bits per heavy atom. The Morgan fingerprint density at radius 1 is 1.32 bits per heavy atom. The van der Waals surface area contributed by atoms with Gasteiger partial charge in [-0.1, -0.05) is 6.07 Å². The normalized spacial score (nSPS) is 10.5. The van der Waals surface area contributed by atoms with Crippen molar-refractivity contribution in [3.05, 3.63) is 57.8 Å². The molecule has 0 radical (unpaired) electrons. The summed E-state index contributed by atoms with van der Waals surface area (Å²) in [6.07, 6.45) is 0. The van der Waals surface area contributed by atoms with Gasteiger partial charge in [0.2, 0.25) is 0 Å². The third kappa shape index (κ3) is 3.07. The van der Waals surface area contributed by atoms with Crippen molar-refractivity contribution < 1.29 is 14.4 Å². The summed E-state index contributed by atoms with van der Waals surface area (Å²) < 4.78 is 14.3. The number of hydrogen-bond donors (Lipinski definition) is 2. The van der Waals surface area contributed by atoms with Crippen molar-refractivity contribution in [1.29, 1.82) is 0 Å². The molecule has 7 heteroatoms. The highest BCUT2D eigenvalue weighted by molar-refractivity contribution is 6.59. The molecule has 0 unspecified atom stereocenters. The van der Waals surface area contributed by atoms with Crippen molar-refractivity contribution in [2.75, 3.05) is 0 Å². The van der Waals surface area contributed by atoms with Crippen LogP contribution < -0.4 is 11.0 Å². The molecule has 98 valence electrons. The Bertz CT molecular complexity index is 658. The van der Waals surface area contributed by atoms with Gasteiger partial charge in [0, 0.05) is 6.07 Å². The van der Waals surface area contributed by atoms with Crippen LogP contribution in [0.2, 0.25) is 0 Å². The summed E-state index contributed by atoms with van der Waals surface area (Å²) in [6, 6.07) is 6.59. The lowest BCUT2D eigenvalue weighted by Crippen LogP contribution is -2.35. The van der Waals surface area contributed by atoms with Gasteiger partial charge in [-0.2, -0.15) is 5.10 Å². The zero-order valence-corrected chi connectivity index (χ0v) is 10.2. The SMILES string of the molecule is Cc1ccc(=O)n(Cc2ccc(F)cc2B(O)O)n1. The van der Waals surface area contributed by atoms with Crippen molar-refractivity contribution in [1.82, 2.24) is 9.78 Å². The Kier molecular flexibility index (Phi) is 3.78. The number of hydrogen-bond acceptors (Lipinski definition) is 4. The van der Waals surface area contributed by atoms with Crippen LogP contribution in [0.25, 0.3) is 0 Å². The molecular weight excluding hydrogens is 250 g/mol. The Balaban J connectivity index is 2.43. The number of aromatic nitrogens is 2. The van der Waals surface area contributed by atoms with E-state index in [1.165, 1.54) is 22.9 Å². The number of halogens is 1. The molecule has 2 aromatic rings. The molecule has 0 spiro atoms. The van der Waals surface area contributed by atoms with Crippen LogP contribution in [-0.2, 0) is 6.54 Å². The maximum atomic E-state index is 13.1. The average molecular weight is 262 g/mol. The molecule has 2 N–H and O–H groups in total. The van der Waals surface area contributed by atoms with Crippen LogP contribution in [0.15, 0.2) is 35.1 Å². The van der Waals surface area contributed by atoms with E-state index >= 15 is 0 Å². The molecule has 0 bridgehead atoms. The van der Waals surface area contributed by atoms with E-state index in [0.29, 0.717) is 11.3 Å². The molecule has 19 heavy (non-hydrogen) atoms. The molecule has 2 rings (SSSR count). The van der Waals surface area contributed by atoms with Crippen molar-refractivity contribution in [3.8, 4) is 0 Å². The molecule has 0 aliphatic heterocycles. The van der Waals surface area contributed by atoms with Crippen LogP contribution in [-0.4, -0.2) is 26.9 Å². The number of rotatable bonds is 3. The highest BCUT2D eigenvalue weighted by Crippen LogP contribution is 2.03. The summed E-state index contributed by atoms with van der Waals surface area (Å²) in [7, 11) is -1.80. The Labute approximate surface area is 109 Å². The summed E-state index contributed by atoms with van der Waals surface area (Å²) in [5, 5.41) is 22.5. The van der Waals surface area contributed by atoms with Crippen molar-refractivity contribution in [2.24, 2.45) is 0 Å². The van der Waals surface area contributed by atoms with E-state index in [0.717, 1.165) is 6.07 Å². The second-order valence-corrected chi connectivity index (χ2v) is 4.19. The van der Waals surface area contributed by atoms with Gasteiger partial charge in [-0.25, -0.2) is 9.07 Å². The van der Waals surface area contributed by atoms with E-state index in [2.05, 4.69) is 5.10 Å². The number of aryl methyl sites for hydroxylation is 1. The number of nitrogens with zero attached hydrogens (tertiary/aromatic N) is 2. The predicted octanol–water partition coefficient (Wildman–Crippen LogP) is -0.581. The van der Waals surface area contributed by atoms with Gasteiger partial charge in [0.1, 0.15) is 5.82 Å². The summed E-state index contributed by atoms with van der Waals surface area (Å²) >= 11 is 0. The van der Waals surface area contributed by atoms with E-state index in [1.54, 1.807) is 13.0 Å². The van der Waals surface area contributed by atoms with Crippen LogP contribution in [0.1, 0.15) is 11.3 Å². The lowest BCUT2D eigenvalue weighted by Gasteiger charge is -2.10. The molecule has 5 nitrogen and oxygen atoms in total. The highest BCUT2D eigenvalue weighted by atomic mass is 19.1. The molecule has 1 aromatic carbocycles. The maximum absolute atomic E-state index is 13.1. The molecule has 0 amide bonds. The van der Waals surface area contributed by atoms with E-state index < -0.39 is 12.9 Å². The topological polar surface area (TPSA) is 75.4 Å². The monoisotopic (exact) mass is 262 g/mol. The van der Waals surface area contributed by atoms with E-state index in [-0.39, 0.29) is 17.6 Å². The van der Waals surface area contributed by atoms with Crippen LogP contribution in [0.4, 0.5) is 4.39 Å². The quantitative estimate of drug-likeness (QED) is 0.725. The van der Waals surface area contributed by atoms with Crippen LogP contribution >= 0.6 is 0 Å². The zero-order valence-electron chi connectivity index (χ0n) is 10.2. The van der Waals surface area contributed by atoms with Gasteiger partial charge in [-0.3, -0.25) is 4.79 Å². The van der Waals surface area contributed by atoms with Gasteiger partial charge in [-0.05, 0) is 36.1 Å². The third-order valence-electron chi connectivity index (χ3n) is 2.71. The third-order valence-corrected chi connectivity index (χ3v) is 2.71. The minimum Gasteiger partial charge on any atom is -0.423 e. The summed E-state index contributed by atoms with van der Waals surface area (Å²) in [5.74, 6) is -0.573. The standard InChI is InChI=1S/C12H12BFN2O3/c1-8-2-5-12(17)16(15-8)7-9-3-4-10(14)6-11(9)13(18)19/h2-6,18-19H,7H2,1H3. The minimum absolute atomic E-state index is 0.0233. The zero-order chi connectivity index (χ0) is 14.0. The molecule has 0 fully saturated rings.